The molecule has 1 unspecified atom stereocenters. The van der Waals surface area contributed by atoms with Crippen molar-refractivity contribution in [2.24, 2.45) is 5.73 Å². The molecule has 1 nitrogen and oxygen atoms in total. The van der Waals surface area contributed by atoms with E-state index in [1.807, 2.05) is 0 Å². The van der Waals surface area contributed by atoms with E-state index in [1.165, 1.54) is 38.2 Å². The van der Waals surface area contributed by atoms with Crippen LogP contribution in [-0.2, 0) is 0 Å². The van der Waals surface area contributed by atoms with Gasteiger partial charge in [0, 0.05) is 6.04 Å². The smallest absolute Gasteiger partial charge is 0.137 e. The molecule has 1 aromatic carbocycles. The number of unbranched alkanes of at least 4 members (excludes halogenated alkanes) is 5. The fourth-order valence-electron chi connectivity index (χ4n) is 2.05. The molecule has 0 aliphatic rings. The van der Waals surface area contributed by atoms with Crippen LogP contribution in [0.5, 0.6) is 0 Å². The molecule has 0 aliphatic heterocycles. The molecule has 0 saturated carbocycles. The lowest BCUT2D eigenvalue weighted by Gasteiger charge is -2.12. The number of nitrogens with two attached hydrogens (primary N) is 1. The first-order valence-electron chi connectivity index (χ1n) is 6.85. The Morgan fingerprint density at radius 1 is 1.17 bits per heavy atom. The second-order valence-corrected chi connectivity index (χ2v) is 5.69. The molecule has 0 fully saturated rings. The number of halogens is 2. The maximum Gasteiger partial charge on any atom is 0.137 e. The lowest BCUT2D eigenvalue weighted by Crippen LogP contribution is -2.10. The third-order valence-corrected chi connectivity index (χ3v) is 3.85. The topological polar surface area (TPSA) is 26.0 Å². The SMILES string of the molecule is CCCCCCCCC(N)c1ccc(F)c(Br)c1. The molecular weight excluding hydrogens is 293 g/mol. The van der Waals surface area contributed by atoms with Gasteiger partial charge in [-0.05, 0) is 40.0 Å². The zero-order chi connectivity index (χ0) is 13.4. The second kappa shape index (κ2) is 8.65. The van der Waals surface area contributed by atoms with Crippen LogP contribution in [0.25, 0.3) is 0 Å². The highest BCUT2D eigenvalue weighted by Crippen LogP contribution is 2.23. The van der Waals surface area contributed by atoms with Crippen LogP contribution in [0.2, 0.25) is 0 Å². The van der Waals surface area contributed by atoms with Gasteiger partial charge in [-0.25, -0.2) is 4.39 Å². The maximum absolute atomic E-state index is 13.1. The predicted octanol–water partition coefficient (Wildman–Crippen LogP) is 5.34. The molecule has 0 aliphatic carbocycles. The fraction of sp³-hybridized carbons (Fsp3) is 0.600. The van der Waals surface area contributed by atoms with E-state index in [2.05, 4.69) is 22.9 Å². The fourth-order valence-corrected chi connectivity index (χ4v) is 2.45. The van der Waals surface area contributed by atoms with E-state index in [0.717, 1.165) is 18.4 Å². The highest BCUT2D eigenvalue weighted by Gasteiger charge is 2.08. The molecule has 0 heterocycles. The van der Waals surface area contributed by atoms with Crippen molar-refractivity contribution in [2.45, 2.75) is 57.9 Å². The quantitative estimate of drug-likeness (QED) is 0.644. The van der Waals surface area contributed by atoms with Crippen LogP contribution in [0, 0.1) is 5.82 Å². The molecule has 1 aromatic rings. The van der Waals surface area contributed by atoms with Crippen LogP contribution >= 0.6 is 15.9 Å². The number of hydrogen-bond donors (Lipinski definition) is 1. The highest BCUT2D eigenvalue weighted by molar-refractivity contribution is 9.10. The van der Waals surface area contributed by atoms with Gasteiger partial charge in [-0.1, -0.05) is 51.5 Å². The number of rotatable bonds is 8. The largest absolute Gasteiger partial charge is 0.324 e. The molecule has 18 heavy (non-hydrogen) atoms. The molecule has 0 bridgehead atoms. The van der Waals surface area contributed by atoms with Gasteiger partial charge >= 0.3 is 0 Å². The van der Waals surface area contributed by atoms with Crippen molar-refractivity contribution in [1.29, 1.82) is 0 Å². The van der Waals surface area contributed by atoms with Crippen LogP contribution in [-0.4, -0.2) is 0 Å². The molecule has 1 rings (SSSR count). The summed E-state index contributed by atoms with van der Waals surface area (Å²) in [5.74, 6) is -0.231. The summed E-state index contributed by atoms with van der Waals surface area (Å²) in [6.45, 7) is 2.22. The molecule has 2 N–H and O–H groups in total. The molecular formula is C15H23BrFN. The Hall–Kier alpha value is -0.410. The molecule has 1 atom stereocenters. The van der Waals surface area contributed by atoms with Gasteiger partial charge in [0.1, 0.15) is 5.82 Å². The summed E-state index contributed by atoms with van der Waals surface area (Å²) in [5.41, 5.74) is 7.12. The number of hydrogen-bond acceptors (Lipinski definition) is 1. The third-order valence-electron chi connectivity index (χ3n) is 3.24. The van der Waals surface area contributed by atoms with Crippen LogP contribution < -0.4 is 5.73 Å². The summed E-state index contributed by atoms with van der Waals surface area (Å²) in [4.78, 5) is 0. The van der Waals surface area contributed by atoms with Crippen molar-refractivity contribution in [3.8, 4) is 0 Å². The molecule has 102 valence electrons. The van der Waals surface area contributed by atoms with Crippen LogP contribution in [0.15, 0.2) is 22.7 Å². The standard InChI is InChI=1S/C15H23BrFN/c1-2-3-4-5-6-7-8-15(18)12-9-10-14(17)13(16)11-12/h9-11,15H,2-8,18H2,1H3. The van der Waals surface area contributed by atoms with Gasteiger partial charge in [0.15, 0.2) is 0 Å². The average molecular weight is 316 g/mol. The van der Waals surface area contributed by atoms with E-state index in [0.29, 0.717) is 4.47 Å². The van der Waals surface area contributed by atoms with E-state index in [1.54, 1.807) is 12.1 Å². The molecule has 0 saturated heterocycles. The van der Waals surface area contributed by atoms with E-state index >= 15 is 0 Å². The minimum atomic E-state index is -0.231. The Bertz CT molecular complexity index is 354. The molecule has 0 radical (unpaired) electrons. The summed E-state index contributed by atoms with van der Waals surface area (Å²) < 4.78 is 13.6. The van der Waals surface area contributed by atoms with Crippen LogP contribution in [0.1, 0.15) is 63.5 Å². The van der Waals surface area contributed by atoms with Crippen molar-refractivity contribution < 1.29 is 4.39 Å². The minimum absolute atomic E-state index is 0.0214. The van der Waals surface area contributed by atoms with E-state index in [9.17, 15) is 4.39 Å². The van der Waals surface area contributed by atoms with Gasteiger partial charge < -0.3 is 5.73 Å². The Morgan fingerprint density at radius 3 is 2.50 bits per heavy atom. The molecule has 0 amide bonds. The van der Waals surface area contributed by atoms with Crippen LogP contribution in [0.3, 0.4) is 0 Å². The highest BCUT2D eigenvalue weighted by atomic mass is 79.9. The van der Waals surface area contributed by atoms with E-state index < -0.39 is 0 Å². The van der Waals surface area contributed by atoms with Gasteiger partial charge in [0.25, 0.3) is 0 Å². The van der Waals surface area contributed by atoms with Crippen molar-refractivity contribution in [3.05, 3.63) is 34.1 Å². The average Bonchev–Trinajstić information content (AvgIpc) is 2.36. The van der Waals surface area contributed by atoms with Gasteiger partial charge in [-0.3, -0.25) is 0 Å². The summed E-state index contributed by atoms with van der Waals surface area (Å²) in [6.07, 6.45) is 8.61. The third kappa shape index (κ3) is 5.49. The first kappa shape index (κ1) is 15.6. The van der Waals surface area contributed by atoms with Gasteiger partial charge in [-0.2, -0.15) is 0 Å². The lowest BCUT2D eigenvalue weighted by atomic mass is 10.0. The second-order valence-electron chi connectivity index (χ2n) is 4.84. The summed E-state index contributed by atoms with van der Waals surface area (Å²) in [7, 11) is 0. The summed E-state index contributed by atoms with van der Waals surface area (Å²) in [6, 6.07) is 5.06. The van der Waals surface area contributed by atoms with Crippen molar-refractivity contribution in [3.63, 3.8) is 0 Å². The minimum Gasteiger partial charge on any atom is -0.324 e. The predicted molar refractivity (Wildman–Crippen MR) is 79.0 cm³/mol. The number of benzene rings is 1. The Morgan fingerprint density at radius 2 is 1.83 bits per heavy atom. The monoisotopic (exact) mass is 315 g/mol. The first-order valence-corrected chi connectivity index (χ1v) is 7.65. The zero-order valence-corrected chi connectivity index (χ0v) is 12.7. The van der Waals surface area contributed by atoms with Gasteiger partial charge in [0.2, 0.25) is 0 Å². The zero-order valence-electron chi connectivity index (χ0n) is 11.1. The summed E-state index contributed by atoms with van der Waals surface area (Å²) in [5, 5.41) is 0. The van der Waals surface area contributed by atoms with E-state index in [-0.39, 0.29) is 11.9 Å². The maximum atomic E-state index is 13.1. The molecule has 0 spiro atoms. The summed E-state index contributed by atoms with van der Waals surface area (Å²) >= 11 is 3.19. The molecule has 0 aromatic heterocycles. The van der Waals surface area contributed by atoms with Crippen molar-refractivity contribution in [1.82, 2.24) is 0 Å². The van der Waals surface area contributed by atoms with Crippen molar-refractivity contribution >= 4 is 15.9 Å². The van der Waals surface area contributed by atoms with Crippen molar-refractivity contribution in [2.75, 3.05) is 0 Å². The lowest BCUT2D eigenvalue weighted by molar-refractivity contribution is 0.546. The molecule has 3 heteroatoms. The Balaban J connectivity index is 2.27. The Labute approximate surface area is 118 Å². The first-order chi connectivity index (χ1) is 8.65. The van der Waals surface area contributed by atoms with Gasteiger partial charge in [0.05, 0.1) is 4.47 Å². The Kier molecular flexibility index (Phi) is 7.52. The van der Waals surface area contributed by atoms with Crippen LogP contribution in [0.4, 0.5) is 4.39 Å². The van der Waals surface area contributed by atoms with Gasteiger partial charge in [-0.15, -0.1) is 0 Å². The normalized spacial score (nSPS) is 12.7. The van der Waals surface area contributed by atoms with E-state index in [4.69, 9.17) is 5.73 Å².